The third kappa shape index (κ3) is 6.74. The van der Waals surface area contributed by atoms with Crippen LogP contribution in [0.4, 0.5) is 0 Å². The molecule has 1 aromatic heterocycles. The first-order valence-corrected chi connectivity index (χ1v) is 12.7. The van der Waals surface area contributed by atoms with Crippen LogP contribution in [-0.2, 0) is 6.42 Å². The van der Waals surface area contributed by atoms with Gasteiger partial charge in [0.15, 0.2) is 5.78 Å². The monoisotopic (exact) mass is 468 g/mol. The van der Waals surface area contributed by atoms with Gasteiger partial charge in [-0.1, -0.05) is 31.5 Å². The Morgan fingerprint density at radius 2 is 1.78 bits per heavy atom. The van der Waals surface area contributed by atoms with Crippen LogP contribution >= 0.6 is 23.5 Å². The summed E-state index contributed by atoms with van der Waals surface area (Å²) >= 11 is 3.64. The molecule has 0 aliphatic heterocycles. The Balaban J connectivity index is 1.66. The second kappa shape index (κ2) is 12.5. The van der Waals surface area contributed by atoms with Gasteiger partial charge in [-0.15, -0.1) is 23.5 Å². The van der Waals surface area contributed by atoms with Crippen LogP contribution in [0, 0.1) is 0 Å². The van der Waals surface area contributed by atoms with E-state index < -0.39 is 5.97 Å². The van der Waals surface area contributed by atoms with Gasteiger partial charge in [0.1, 0.15) is 11.4 Å². The van der Waals surface area contributed by atoms with Crippen molar-refractivity contribution in [3.8, 4) is 5.75 Å². The van der Waals surface area contributed by atoms with E-state index in [0.29, 0.717) is 11.3 Å². The highest BCUT2D eigenvalue weighted by Crippen LogP contribution is 2.36. The average molecular weight is 469 g/mol. The van der Waals surface area contributed by atoms with Crippen molar-refractivity contribution < 1.29 is 14.3 Å². The number of ketones is 1. The molecule has 168 valence electrons. The number of thioether (sulfide) groups is 2. The number of esters is 1. The summed E-state index contributed by atoms with van der Waals surface area (Å²) in [5, 5.41) is 0. The predicted octanol–water partition coefficient (Wildman–Crippen LogP) is 6.45. The summed E-state index contributed by atoms with van der Waals surface area (Å²) < 4.78 is 5.72. The summed E-state index contributed by atoms with van der Waals surface area (Å²) in [7, 11) is 0. The van der Waals surface area contributed by atoms with E-state index in [4.69, 9.17) is 4.74 Å². The SMILES string of the molecule is CCCc1c(SCCCCSc2ccccc2)ccc(C(C)=O)c1OC(=O)c1cnc[nH]1. The number of imidazole rings is 1. The number of aromatic nitrogens is 2. The first-order chi connectivity index (χ1) is 15.6. The van der Waals surface area contributed by atoms with E-state index in [-0.39, 0.29) is 11.5 Å². The predicted molar refractivity (Wildman–Crippen MR) is 131 cm³/mol. The van der Waals surface area contributed by atoms with Crippen molar-refractivity contribution in [3.63, 3.8) is 0 Å². The average Bonchev–Trinajstić information content (AvgIpc) is 3.33. The van der Waals surface area contributed by atoms with Crippen LogP contribution in [-0.4, -0.2) is 33.2 Å². The smallest absolute Gasteiger partial charge is 0.361 e. The van der Waals surface area contributed by atoms with Crippen molar-refractivity contribution in [2.45, 2.75) is 49.3 Å². The zero-order valence-electron chi connectivity index (χ0n) is 18.4. The fourth-order valence-corrected chi connectivity index (χ4v) is 5.27. The standard InChI is InChI=1S/C25H28N2O3S2/c1-3-9-21-23(32-15-8-7-14-31-19-10-5-4-6-11-19)13-12-20(18(2)28)24(21)30-25(29)22-16-26-17-27-22/h4-6,10-13,16-17H,3,7-9,14-15H2,1-2H3,(H,26,27). The number of nitrogens with one attached hydrogen (secondary N) is 1. The number of Topliss-reactive ketones (excluding diaryl/α,β-unsaturated/α-hetero) is 1. The molecule has 0 saturated carbocycles. The van der Waals surface area contributed by atoms with Crippen LogP contribution in [0.1, 0.15) is 59.5 Å². The van der Waals surface area contributed by atoms with Gasteiger partial charge in [-0.05, 0) is 62.0 Å². The Labute approximate surface area is 197 Å². The fraction of sp³-hybridized carbons (Fsp3) is 0.320. The second-order valence-electron chi connectivity index (χ2n) is 7.30. The molecule has 1 heterocycles. The number of H-pyrrole nitrogens is 1. The second-order valence-corrected chi connectivity index (χ2v) is 9.60. The summed E-state index contributed by atoms with van der Waals surface area (Å²) in [6.07, 6.45) is 6.69. The number of carbonyl (C=O) groups excluding carboxylic acids is 2. The fourth-order valence-electron chi connectivity index (χ4n) is 3.23. The Hall–Kier alpha value is -2.51. The Morgan fingerprint density at radius 1 is 1.03 bits per heavy atom. The first kappa shape index (κ1) is 24.1. The molecule has 1 N–H and O–H groups in total. The number of hydrogen-bond donors (Lipinski definition) is 1. The molecule has 2 aromatic carbocycles. The first-order valence-electron chi connectivity index (χ1n) is 10.8. The minimum absolute atomic E-state index is 0.121. The van der Waals surface area contributed by atoms with E-state index in [1.807, 2.05) is 23.9 Å². The number of rotatable bonds is 12. The van der Waals surface area contributed by atoms with Crippen molar-refractivity contribution in [1.82, 2.24) is 9.97 Å². The minimum Gasteiger partial charge on any atom is -0.421 e. The van der Waals surface area contributed by atoms with Crippen molar-refractivity contribution in [2.24, 2.45) is 0 Å². The Kier molecular flexibility index (Phi) is 9.43. The molecular formula is C25H28N2O3S2. The quantitative estimate of drug-likeness (QED) is 0.108. The molecule has 0 aliphatic carbocycles. The highest BCUT2D eigenvalue weighted by Gasteiger charge is 2.21. The van der Waals surface area contributed by atoms with E-state index >= 15 is 0 Å². The van der Waals surface area contributed by atoms with Gasteiger partial charge >= 0.3 is 5.97 Å². The molecule has 3 rings (SSSR count). The molecule has 0 atom stereocenters. The molecule has 3 aromatic rings. The number of carbonyl (C=O) groups is 2. The molecule has 5 nitrogen and oxygen atoms in total. The third-order valence-electron chi connectivity index (χ3n) is 4.82. The van der Waals surface area contributed by atoms with Gasteiger partial charge in [0.2, 0.25) is 0 Å². The maximum atomic E-state index is 12.6. The van der Waals surface area contributed by atoms with Crippen LogP contribution in [0.5, 0.6) is 5.75 Å². The van der Waals surface area contributed by atoms with Gasteiger partial charge in [-0.25, -0.2) is 9.78 Å². The lowest BCUT2D eigenvalue weighted by Gasteiger charge is -2.17. The van der Waals surface area contributed by atoms with Gasteiger partial charge in [0, 0.05) is 15.4 Å². The van der Waals surface area contributed by atoms with Crippen molar-refractivity contribution in [2.75, 3.05) is 11.5 Å². The maximum absolute atomic E-state index is 12.6. The van der Waals surface area contributed by atoms with E-state index in [0.717, 1.165) is 47.6 Å². The summed E-state index contributed by atoms with van der Waals surface area (Å²) in [6, 6.07) is 14.2. The molecule has 0 bridgehead atoms. The van der Waals surface area contributed by atoms with Crippen LogP contribution in [0.15, 0.2) is 64.8 Å². The normalized spacial score (nSPS) is 10.8. The molecule has 32 heavy (non-hydrogen) atoms. The molecule has 0 fully saturated rings. The van der Waals surface area contributed by atoms with Crippen molar-refractivity contribution in [3.05, 3.63) is 71.8 Å². The van der Waals surface area contributed by atoms with Gasteiger partial charge in [-0.3, -0.25) is 4.79 Å². The molecule has 0 unspecified atom stereocenters. The molecular weight excluding hydrogens is 440 g/mol. The Bertz CT molecular complexity index is 1020. The zero-order valence-corrected chi connectivity index (χ0v) is 20.1. The van der Waals surface area contributed by atoms with Crippen LogP contribution in [0.25, 0.3) is 0 Å². The highest BCUT2D eigenvalue weighted by atomic mass is 32.2. The Morgan fingerprint density at radius 3 is 2.44 bits per heavy atom. The largest absolute Gasteiger partial charge is 0.421 e. The minimum atomic E-state index is -0.539. The third-order valence-corrected chi connectivity index (χ3v) is 7.10. The molecule has 0 saturated heterocycles. The lowest BCUT2D eigenvalue weighted by atomic mass is 10.0. The number of aromatic amines is 1. The molecule has 0 amide bonds. The van der Waals surface area contributed by atoms with Gasteiger partial charge in [0.25, 0.3) is 0 Å². The van der Waals surface area contributed by atoms with E-state index in [9.17, 15) is 9.59 Å². The number of unbranched alkanes of at least 4 members (excludes halogenated alkanes) is 1. The van der Waals surface area contributed by atoms with E-state index in [2.05, 4.69) is 41.2 Å². The topological polar surface area (TPSA) is 72.1 Å². The number of hydrogen-bond acceptors (Lipinski definition) is 6. The molecule has 7 heteroatoms. The van der Waals surface area contributed by atoms with Crippen molar-refractivity contribution in [1.29, 1.82) is 0 Å². The summed E-state index contributed by atoms with van der Waals surface area (Å²) in [4.78, 5) is 33.8. The van der Waals surface area contributed by atoms with Crippen LogP contribution in [0.2, 0.25) is 0 Å². The van der Waals surface area contributed by atoms with Crippen molar-refractivity contribution >= 4 is 35.3 Å². The number of benzene rings is 2. The lowest BCUT2D eigenvalue weighted by Crippen LogP contribution is -2.13. The summed E-state index contributed by atoms with van der Waals surface area (Å²) in [5.74, 6) is 1.78. The van der Waals surface area contributed by atoms with Crippen LogP contribution in [0.3, 0.4) is 0 Å². The summed E-state index contributed by atoms with van der Waals surface area (Å²) in [5.41, 5.74) is 1.62. The maximum Gasteiger partial charge on any atom is 0.361 e. The van der Waals surface area contributed by atoms with Gasteiger partial charge in [0.05, 0.1) is 18.1 Å². The lowest BCUT2D eigenvalue weighted by molar-refractivity contribution is 0.0725. The summed E-state index contributed by atoms with van der Waals surface area (Å²) in [6.45, 7) is 3.58. The van der Waals surface area contributed by atoms with E-state index in [1.54, 1.807) is 17.8 Å². The van der Waals surface area contributed by atoms with Gasteiger partial charge in [-0.2, -0.15) is 0 Å². The number of nitrogens with zero attached hydrogens (tertiary/aromatic N) is 1. The zero-order chi connectivity index (χ0) is 22.8. The van der Waals surface area contributed by atoms with E-state index in [1.165, 1.54) is 24.3 Å². The highest BCUT2D eigenvalue weighted by molar-refractivity contribution is 7.99. The molecule has 0 radical (unpaired) electrons. The molecule has 0 aliphatic rings. The molecule has 0 spiro atoms. The van der Waals surface area contributed by atoms with Gasteiger partial charge < -0.3 is 9.72 Å². The number of ether oxygens (including phenoxy) is 1. The van der Waals surface area contributed by atoms with Crippen LogP contribution < -0.4 is 4.74 Å².